The van der Waals surface area contributed by atoms with Crippen LogP contribution in [0.1, 0.15) is 40.5 Å². The van der Waals surface area contributed by atoms with E-state index in [0.717, 1.165) is 19.4 Å². The van der Waals surface area contributed by atoms with Crippen molar-refractivity contribution in [2.45, 2.75) is 58.7 Å². The zero-order valence-corrected chi connectivity index (χ0v) is 14.0. The summed E-state index contributed by atoms with van der Waals surface area (Å²) in [6.45, 7) is 8.79. The van der Waals surface area contributed by atoms with Crippen molar-refractivity contribution in [2.24, 2.45) is 23.0 Å². The molecule has 1 aliphatic carbocycles. The second-order valence-electron chi connectivity index (χ2n) is 7.45. The second kappa shape index (κ2) is 6.54. The average molecular weight is 311 g/mol. The SMILES string of the molecule is CC(C)[C@H](N)C(=O)NCC(=O)NC1C2CCCOC2C1(C)C. The van der Waals surface area contributed by atoms with Crippen LogP contribution in [-0.2, 0) is 14.3 Å². The monoisotopic (exact) mass is 311 g/mol. The normalized spacial score (nSPS) is 30.9. The molecular weight excluding hydrogens is 282 g/mol. The fraction of sp³-hybridized carbons (Fsp3) is 0.875. The first-order valence-electron chi connectivity index (χ1n) is 8.19. The van der Waals surface area contributed by atoms with E-state index in [2.05, 4.69) is 24.5 Å². The van der Waals surface area contributed by atoms with E-state index in [-0.39, 0.29) is 41.8 Å². The van der Waals surface area contributed by atoms with Crippen molar-refractivity contribution in [1.82, 2.24) is 10.6 Å². The molecule has 1 saturated heterocycles. The van der Waals surface area contributed by atoms with Crippen LogP contribution < -0.4 is 16.4 Å². The summed E-state index contributed by atoms with van der Waals surface area (Å²) in [5.41, 5.74) is 5.70. The molecule has 2 aliphatic rings. The van der Waals surface area contributed by atoms with Crippen molar-refractivity contribution >= 4 is 11.8 Å². The molecular formula is C16H29N3O3. The number of ether oxygens (including phenoxy) is 1. The maximum Gasteiger partial charge on any atom is 0.239 e. The molecule has 1 saturated carbocycles. The minimum atomic E-state index is -0.580. The standard InChI is InChI=1S/C16H29N3O3/c1-9(2)12(17)15(21)18-8-11(20)19-13-10-6-5-7-22-14(10)16(13,3)4/h9-10,12-14H,5-8,17H2,1-4H3,(H,18,21)(H,19,20)/t10?,12-,13?,14?/m0/s1. The van der Waals surface area contributed by atoms with Gasteiger partial charge in [-0.1, -0.05) is 27.7 Å². The zero-order valence-electron chi connectivity index (χ0n) is 14.0. The molecule has 0 aromatic heterocycles. The van der Waals surface area contributed by atoms with E-state index in [1.165, 1.54) is 0 Å². The predicted octanol–water partition coefficient (Wildman–Crippen LogP) is 0.406. The third-order valence-electron chi connectivity index (χ3n) is 5.09. The number of nitrogens with two attached hydrogens (primary N) is 1. The summed E-state index contributed by atoms with van der Waals surface area (Å²) in [7, 11) is 0. The van der Waals surface area contributed by atoms with Crippen LogP contribution in [0.25, 0.3) is 0 Å². The summed E-state index contributed by atoms with van der Waals surface area (Å²) >= 11 is 0. The van der Waals surface area contributed by atoms with E-state index in [9.17, 15) is 9.59 Å². The molecule has 0 aromatic carbocycles. The van der Waals surface area contributed by atoms with Crippen molar-refractivity contribution in [2.75, 3.05) is 13.2 Å². The molecule has 0 radical (unpaired) electrons. The lowest BCUT2D eigenvalue weighted by Crippen LogP contribution is -2.70. The molecule has 0 bridgehead atoms. The van der Waals surface area contributed by atoms with Gasteiger partial charge in [0.2, 0.25) is 11.8 Å². The smallest absolute Gasteiger partial charge is 0.239 e. The Morgan fingerprint density at radius 3 is 2.68 bits per heavy atom. The first-order valence-corrected chi connectivity index (χ1v) is 8.19. The van der Waals surface area contributed by atoms with Gasteiger partial charge in [-0.25, -0.2) is 0 Å². The first kappa shape index (κ1) is 17.2. The summed E-state index contributed by atoms with van der Waals surface area (Å²) in [5, 5.41) is 5.66. The predicted molar refractivity (Wildman–Crippen MR) is 84.0 cm³/mol. The number of hydrogen-bond acceptors (Lipinski definition) is 4. The van der Waals surface area contributed by atoms with E-state index >= 15 is 0 Å². The molecule has 6 heteroatoms. The van der Waals surface area contributed by atoms with Crippen molar-refractivity contribution in [1.29, 1.82) is 0 Å². The fourth-order valence-electron chi connectivity index (χ4n) is 3.63. The summed E-state index contributed by atoms with van der Waals surface area (Å²) in [4.78, 5) is 23.9. The van der Waals surface area contributed by atoms with Crippen LogP contribution in [0.3, 0.4) is 0 Å². The van der Waals surface area contributed by atoms with Crippen LogP contribution in [0.5, 0.6) is 0 Å². The lowest BCUT2D eigenvalue weighted by molar-refractivity contribution is -0.193. The highest BCUT2D eigenvalue weighted by Gasteiger charge is 2.58. The molecule has 2 rings (SSSR count). The Morgan fingerprint density at radius 2 is 2.05 bits per heavy atom. The molecule has 1 aliphatic heterocycles. The van der Waals surface area contributed by atoms with Gasteiger partial charge in [0.25, 0.3) is 0 Å². The third kappa shape index (κ3) is 3.27. The van der Waals surface area contributed by atoms with Crippen molar-refractivity contribution in [3.63, 3.8) is 0 Å². The Balaban J connectivity index is 1.81. The maximum atomic E-state index is 12.1. The number of carbonyl (C=O) groups excluding carboxylic acids is 2. The zero-order chi connectivity index (χ0) is 16.5. The fourth-order valence-corrected chi connectivity index (χ4v) is 3.63. The van der Waals surface area contributed by atoms with Crippen LogP contribution in [0.15, 0.2) is 0 Å². The Hall–Kier alpha value is -1.14. The molecule has 2 amide bonds. The lowest BCUT2D eigenvalue weighted by atomic mass is 9.55. The number of hydrogen-bond donors (Lipinski definition) is 3. The second-order valence-corrected chi connectivity index (χ2v) is 7.45. The molecule has 4 N–H and O–H groups in total. The topological polar surface area (TPSA) is 93.5 Å². The van der Waals surface area contributed by atoms with Crippen molar-refractivity contribution in [3.05, 3.63) is 0 Å². The Kier molecular flexibility index (Phi) is 5.12. The van der Waals surface area contributed by atoms with Gasteiger partial charge in [0.05, 0.1) is 18.7 Å². The highest BCUT2D eigenvalue weighted by Crippen LogP contribution is 2.51. The van der Waals surface area contributed by atoms with E-state index < -0.39 is 6.04 Å². The number of fused-ring (bicyclic) bond motifs is 1. The van der Waals surface area contributed by atoms with E-state index in [1.54, 1.807) is 0 Å². The van der Waals surface area contributed by atoms with E-state index in [4.69, 9.17) is 10.5 Å². The molecule has 6 nitrogen and oxygen atoms in total. The quantitative estimate of drug-likeness (QED) is 0.685. The number of nitrogens with one attached hydrogen (secondary N) is 2. The van der Waals surface area contributed by atoms with Crippen LogP contribution in [0.4, 0.5) is 0 Å². The van der Waals surface area contributed by atoms with Gasteiger partial charge in [0.1, 0.15) is 0 Å². The Labute approximate surface area is 132 Å². The molecule has 4 atom stereocenters. The summed E-state index contributed by atoms with van der Waals surface area (Å²) in [6.07, 6.45) is 2.36. The highest BCUT2D eigenvalue weighted by atomic mass is 16.5. The van der Waals surface area contributed by atoms with Gasteiger partial charge in [-0.3, -0.25) is 9.59 Å². The average Bonchev–Trinajstić information content (AvgIpc) is 2.49. The molecule has 1 heterocycles. The minimum Gasteiger partial charge on any atom is -0.377 e. The van der Waals surface area contributed by atoms with Gasteiger partial charge in [0.15, 0.2) is 0 Å². The molecule has 0 spiro atoms. The van der Waals surface area contributed by atoms with Gasteiger partial charge in [-0.05, 0) is 18.8 Å². The van der Waals surface area contributed by atoms with E-state index in [0.29, 0.717) is 5.92 Å². The maximum absolute atomic E-state index is 12.1. The minimum absolute atomic E-state index is 0.0237. The Morgan fingerprint density at radius 1 is 1.36 bits per heavy atom. The van der Waals surface area contributed by atoms with Gasteiger partial charge in [-0.15, -0.1) is 0 Å². The third-order valence-corrected chi connectivity index (χ3v) is 5.09. The summed E-state index contributed by atoms with van der Waals surface area (Å²) in [5.74, 6) is -0.00149. The largest absolute Gasteiger partial charge is 0.377 e. The molecule has 3 unspecified atom stereocenters. The lowest BCUT2D eigenvalue weighted by Gasteiger charge is -2.59. The number of carbonyl (C=O) groups is 2. The van der Waals surface area contributed by atoms with Crippen LogP contribution in [-0.4, -0.2) is 43.2 Å². The Bertz CT molecular complexity index is 436. The van der Waals surface area contributed by atoms with Gasteiger partial charge < -0.3 is 21.1 Å². The van der Waals surface area contributed by atoms with E-state index in [1.807, 2.05) is 13.8 Å². The van der Waals surface area contributed by atoms with Gasteiger partial charge >= 0.3 is 0 Å². The summed E-state index contributed by atoms with van der Waals surface area (Å²) in [6, 6.07) is -0.468. The highest BCUT2D eigenvalue weighted by molar-refractivity contribution is 5.87. The molecule has 22 heavy (non-hydrogen) atoms. The van der Waals surface area contributed by atoms with Crippen LogP contribution in [0, 0.1) is 17.3 Å². The number of amides is 2. The first-order chi connectivity index (χ1) is 10.2. The van der Waals surface area contributed by atoms with Crippen molar-refractivity contribution < 1.29 is 14.3 Å². The van der Waals surface area contributed by atoms with Crippen LogP contribution in [0.2, 0.25) is 0 Å². The molecule has 126 valence electrons. The van der Waals surface area contributed by atoms with Gasteiger partial charge in [0, 0.05) is 24.0 Å². The van der Waals surface area contributed by atoms with Crippen LogP contribution >= 0.6 is 0 Å². The van der Waals surface area contributed by atoms with Crippen molar-refractivity contribution in [3.8, 4) is 0 Å². The van der Waals surface area contributed by atoms with Gasteiger partial charge in [-0.2, -0.15) is 0 Å². The number of rotatable bonds is 5. The molecule has 2 fully saturated rings. The molecule has 0 aromatic rings. The summed E-state index contributed by atoms with van der Waals surface area (Å²) < 4.78 is 5.82.